The maximum absolute atomic E-state index is 11.2. The molecule has 5 nitrogen and oxygen atoms in total. The SMILES string of the molecule is CC(C)c1cc(NCc2cc(O)c(Br)cc2O)ccc1C(=O)O. The van der Waals surface area contributed by atoms with E-state index < -0.39 is 5.97 Å². The second kappa shape index (κ2) is 6.91. The van der Waals surface area contributed by atoms with E-state index in [0.29, 0.717) is 16.6 Å². The fraction of sp³-hybridized carbons (Fsp3) is 0.235. The largest absolute Gasteiger partial charge is 0.508 e. The predicted molar refractivity (Wildman–Crippen MR) is 92.3 cm³/mol. The van der Waals surface area contributed by atoms with Gasteiger partial charge in [-0.3, -0.25) is 0 Å². The zero-order valence-electron chi connectivity index (χ0n) is 12.8. The maximum atomic E-state index is 11.2. The van der Waals surface area contributed by atoms with Gasteiger partial charge in [-0.1, -0.05) is 13.8 Å². The van der Waals surface area contributed by atoms with Crippen molar-refractivity contribution in [2.45, 2.75) is 26.3 Å². The number of nitrogens with one attached hydrogen (secondary N) is 1. The lowest BCUT2D eigenvalue weighted by molar-refractivity contribution is 0.0695. The minimum absolute atomic E-state index is 0.0451. The van der Waals surface area contributed by atoms with Crippen LogP contribution in [0.15, 0.2) is 34.8 Å². The van der Waals surface area contributed by atoms with Gasteiger partial charge in [0.05, 0.1) is 10.0 Å². The second-order valence-electron chi connectivity index (χ2n) is 5.55. The molecule has 23 heavy (non-hydrogen) atoms. The number of rotatable bonds is 5. The van der Waals surface area contributed by atoms with Crippen LogP contribution in [0.2, 0.25) is 0 Å². The zero-order chi connectivity index (χ0) is 17.1. The number of aromatic carboxylic acids is 1. The summed E-state index contributed by atoms with van der Waals surface area (Å²) in [5.41, 5.74) is 2.32. The number of hydrogen-bond acceptors (Lipinski definition) is 4. The van der Waals surface area contributed by atoms with Gasteiger partial charge in [0, 0.05) is 17.8 Å². The lowest BCUT2D eigenvalue weighted by Crippen LogP contribution is -2.06. The predicted octanol–water partition coefficient (Wildman–Crippen LogP) is 4.29. The number of carboxylic acids is 1. The molecule has 4 N–H and O–H groups in total. The summed E-state index contributed by atoms with van der Waals surface area (Å²) in [6, 6.07) is 7.95. The first-order valence-electron chi connectivity index (χ1n) is 7.11. The third-order valence-electron chi connectivity index (χ3n) is 3.54. The van der Waals surface area contributed by atoms with Crippen molar-refractivity contribution in [3.05, 3.63) is 51.5 Å². The van der Waals surface area contributed by atoms with Gasteiger partial charge in [-0.05, 0) is 57.7 Å². The Bertz CT molecular complexity index is 744. The van der Waals surface area contributed by atoms with Crippen LogP contribution in [0.25, 0.3) is 0 Å². The summed E-state index contributed by atoms with van der Waals surface area (Å²) in [5, 5.41) is 31.9. The summed E-state index contributed by atoms with van der Waals surface area (Å²) in [6.45, 7) is 4.17. The van der Waals surface area contributed by atoms with E-state index in [-0.39, 0.29) is 23.0 Å². The van der Waals surface area contributed by atoms with Gasteiger partial charge in [0.1, 0.15) is 11.5 Å². The number of anilines is 1. The summed E-state index contributed by atoms with van der Waals surface area (Å²) < 4.78 is 0.423. The standard InChI is InChI=1S/C17H18BrNO4/c1-9(2)13-6-11(3-4-12(13)17(22)23)19-8-10-5-16(21)14(18)7-15(10)20/h3-7,9,19-21H,8H2,1-2H3,(H,22,23). The lowest BCUT2D eigenvalue weighted by atomic mass is 9.96. The molecule has 0 saturated heterocycles. The quantitative estimate of drug-likeness (QED) is 0.581. The Morgan fingerprint density at radius 1 is 1.17 bits per heavy atom. The molecule has 0 radical (unpaired) electrons. The first kappa shape index (κ1) is 17.1. The van der Waals surface area contributed by atoms with Crippen LogP contribution in [-0.4, -0.2) is 21.3 Å². The van der Waals surface area contributed by atoms with Crippen molar-refractivity contribution in [1.29, 1.82) is 0 Å². The Morgan fingerprint density at radius 2 is 1.87 bits per heavy atom. The highest BCUT2D eigenvalue weighted by molar-refractivity contribution is 9.10. The van der Waals surface area contributed by atoms with Gasteiger partial charge >= 0.3 is 5.97 Å². The average Bonchev–Trinajstić information content (AvgIpc) is 2.49. The fourth-order valence-electron chi connectivity index (χ4n) is 2.28. The molecule has 0 atom stereocenters. The van der Waals surface area contributed by atoms with Crippen LogP contribution in [0.4, 0.5) is 5.69 Å². The Balaban J connectivity index is 2.23. The summed E-state index contributed by atoms with van der Waals surface area (Å²) in [4.78, 5) is 11.2. The number of phenolic OH excluding ortho intramolecular Hbond substituents is 2. The van der Waals surface area contributed by atoms with Gasteiger partial charge in [0.15, 0.2) is 0 Å². The molecule has 0 heterocycles. The van der Waals surface area contributed by atoms with E-state index in [2.05, 4.69) is 21.2 Å². The van der Waals surface area contributed by atoms with Crippen LogP contribution >= 0.6 is 15.9 Å². The molecule has 0 unspecified atom stereocenters. The third kappa shape index (κ3) is 3.96. The molecular formula is C17H18BrNO4. The average molecular weight is 380 g/mol. The van der Waals surface area contributed by atoms with E-state index in [9.17, 15) is 20.1 Å². The molecule has 0 aliphatic heterocycles. The third-order valence-corrected chi connectivity index (χ3v) is 4.17. The molecule has 0 aromatic heterocycles. The highest BCUT2D eigenvalue weighted by atomic mass is 79.9. The monoisotopic (exact) mass is 379 g/mol. The number of halogens is 1. The number of carbonyl (C=O) groups is 1. The molecule has 2 aromatic rings. The van der Waals surface area contributed by atoms with Crippen molar-refractivity contribution in [3.63, 3.8) is 0 Å². The van der Waals surface area contributed by atoms with Crippen molar-refractivity contribution >= 4 is 27.6 Å². The van der Waals surface area contributed by atoms with Crippen LogP contribution in [0, 0.1) is 0 Å². The minimum Gasteiger partial charge on any atom is -0.508 e. The van der Waals surface area contributed by atoms with Gasteiger partial charge in [-0.15, -0.1) is 0 Å². The number of hydrogen-bond donors (Lipinski definition) is 4. The molecule has 122 valence electrons. The summed E-state index contributed by atoms with van der Waals surface area (Å²) in [7, 11) is 0. The van der Waals surface area contributed by atoms with Crippen molar-refractivity contribution in [2.75, 3.05) is 5.32 Å². The zero-order valence-corrected chi connectivity index (χ0v) is 14.4. The van der Waals surface area contributed by atoms with Gasteiger partial charge in [-0.2, -0.15) is 0 Å². The normalized spacial score (nSPS) is 10.8. The van der Waals surface area contributed by atoms with Crippen molar-refractivity contribution in [3.8, 4) is 11.5 Å². The summed E-state index contributed by atoms with van der Waals surface area (Å²) in [6.07, 6.45) is 0. The maximum Gasteiger partial charge on any atom is 0.335 e. The molecule has 0 amide bonds. The molecule has 0 bridgehead atoms. The van der Waals surface area contributed by atoms with Gasteiger partial charge in [-0.25, -0.2) is 4.79 Å². The van der Waals surface area contributed by atoms with Gasteiger partial charge < -0.3 is 20.6 Å². The Kier molecular flexibility index (Phi) is 5.15. The van der Waals surface area contributed by atoms with E-state index in [1.807, 2.05) is 13.8 Å². The highest BCUT2D eigenvalue weighted by Gasteiger charge is 2.14. The van der Waals surface area contributed by atoms with E-state index >= 15 is 0 Å². The lowest BCUT2D eigenvalue weighted by Gasteiger charge is -2.14. The Morgan fingerprint density at radius 3 is 2.48 bits per heavy atom. The number of carboxylic acid groups (broad SMARTS) is 1. The van der Waals surface area contributed by atoms with Crippen LogP contribution in [0.5, 0.6) is 11.5 Å². The van der Waals surface area contributed by atoms with Crippen LogP contribution in [0.1, 0.15) is 41.3 Å². The molecule has 0 spiro atoms. The first-order valence-corrected chi connectivity index (χ1v) is 7.90. The van der Waals surface area contributed by atoms with Crippen LogP contribution < -0.4 is 5.32 Å². The fourth-order valence-corrected chi connectivity index (χ4v) is 2.61. The molecule has 0 fully saturated rings. The van der Waals surface area contributed by atoms with Gasteiger partial charge in [0.25, 0.3) is 0 Å². The first-order chi connectivity index (χ1) is 10.8. The molecule has 0 aliphatic rings. The molecule has 2 rings (SSSR count). The Labute approximate surface area is 142 Å². The van der Waals surface area contributed by atoms with Gasteiger partial charge in [0.2, 0.25) is 0 Å². The van der Waals surface area contributed by atoms with E-state index in [4.69, 9.17) is 0 Å². The van der Waals surface area contributed by atoms with Crippen molar-refractivity contribution < 1.29 is 20.1 Å². The second-order valence-corrected chi connectivity index (χ2v) is 6.40. The van der Waals surface area contributed by atoms with E-state index in [1.54, 1.807) is 18.2 Å². The topological polar surface area (TPSA) is 89.8 Å². The van der Waals surface area contributed by atoms with E-state index in [0.717, 1.165) is 11.3 Å². The molecular weight excluding hydrogens is 362 g/mol. The van der Waals surface area contributed by atoms with Crippen molar-refractivity contribution in [2.24, 2.45) is 0 Å². The molecule has 0 saturated carbocycles. The van der Waals surface area contributed by atoms with E-state index in [1.165, 1.54) is 12.1 Å². The number of aromatic hydroxyl groups is 2. The summed E-state index contributed by atoms with van der Waals surface area (Å²) >= 11 is 3.14. The smallest absolute Gasteiger partial charge is 0.335 e. The van der Waals surface area contributed by atoms with Crippen molar-refractivity contribution in [1.82, 2.24) is 0 Å². The number of benzene rings is 2. The molecule has 2 aromatic carbocycles. The van der Waals surface area contributed by atoms with Crippen LogP contribution in [0.3, 0.4) is 0 Å². The summed E-state index contributed by atoms with van der Waals surface area (Å²) in [5.74, 6) is -0.763. The van der Waals surface area contributed by atoms with Crippen LogP contribution in [-0.2, 0) is 6.54 Å². The Hall–Kier alpha value is -2.21. The molecule has 0 aliphatic carbocycles. The minimum atomic E-state index is -0.948. The molecule has 6 heteroatoms. The highest BCUT2D eigenvalue weighted by Crippen LogP contribution is 2.32. The number of phenols is 2.